The van der Waals surface area contributed by atoms with Crippen LogP contribution in [0.3, 0.4) is 0 Å². The molecule has 158 valence electrons. The lowest BCUT2D eigenvalue weighted by Gasteiger charge is -2.20. The van der Waals surface area contributed by atoms with Gasteiger partial charge in [-0.15, -0.1) is 0 Å². The molecule has 1 aromatic carbocycles. The summed E-state index contributed by atoms with van der Waals surface area (Å²) in [4.78, 5) is 0. The number of sulfonamides is 2. The Labute approximate surface area is 168 Å². The van der Waals surface area contributed by atoms with Crippen molar-refractivity contribution in [3.05, 3.63) is 35.4 Å². The fraction of sp³-hybridized carbons (Fsp3) is 0.579. The Morgan fingerprint density at radius 3 is 2.32 bits per heavy atom. The standard InChI is InChI=1S/C19H29FN2O4S2/c1-16(13-14-19(2,20)28(21,25)26)18-11-9-17(10-12-18)8-6-4-5-7-15-22-27(3,23)24/h9-12,16,22H,4-5,7,13-15H2,1-3H3,(H2,21,25,26). The Morgan fingerprint density at radius 1 is 1.18 bits per heavy atom. The predicted octanol–water partition coefficient (Wildman–Crippen LogP) is 2.62. The molecule has 0 fully saturated rings. The fourth-order valence-electron chi connectivity index (χ4n) is 2.44. The minimum absolute atomic E-state index is 0.0128. The first-order valence-corrected chi connectivity index (χ1v) is 12.5. The monoisotopic (exact) mass is 432 g/mol. The molecule has 0 spiro atoms. The van der Waals surface area contributed by atoms with Crippen LogP contribution in [0.15, 0.2) is 24.3 Å². The number of rotatable bonds is 10. The van der Waals surface area contributed by atoms with Crippen LogP contribution in [0.5, 0.6) is 0 Å². The van der Waals surface area contributed by atoms with Crippen molar-refractivity contribution in [2.45, 2.75) is 56.9 Å². The molecule has 0 radical (unpaired) electrons. The van der Waals surface area contributed by atoms with Crippen molar-refractivity contribution in [3.8, 4) is 11.8 Å². The second kappa shape index (κ2) is 10.3. The number of halogens is 1. The van der Waals surface area contributed by atoms with Gasteiger partial charge in [0, 0.05) is 18.5 Å². The third-order valence-corrected chi connectivity index (χ3v) is 6.54. The van der Waals surface area contributed by atoms with Crippen LogP contribution in [0.2, 0.25) is 0 Å². The van der Waals surface area contributed by atoms with Gasteiger partial charge in [-0.25, -0.2) is 31.1 Å². The van der Waals surface area contributed by atoms with Gasteiger partial charge in [-0.3, -0.25) is 0 Å². The van der Waals surface area contributed by atoms with Crippen molar-refractivity contribution in [2.24, 2.45) is 5.14 Å². The number of alkyl halides is 1. The molecule has 0 aliphatic rings. The Bertz CT molecular complexity index is 899. The normalized spacial score (nSPS) is 15.3. The van der Waals surface area contributed by atoms with Gasteiger partial charge in [0.2, 0.25) is 25.0 Å². The molecular weight excluding hydrogens is 403 g/mol. The molecule has 0 aliphatic carbocycles. The molecule has 1 rings (SSSR count). The van der Waals surface area contributed by atoms with Crippen molar-refractivity contribution < 1.29 is 21.2 Å². The Balaban J connectivity index is 2.47. The molecule has 2 unspecified atom stereocenters. The molecule has 0 aromatic heterocycles. The average molecular weight is 433 g/mol. The third kappa shape index (κ3) is 9.15. The third-order valence-electron chi connectivity index (χ3n) is 4.42. The fourth-order valence-corrected chi connectivity index (χ4v) is 3.36. The minimum atomic E-state index is -4.23. The molecule has 6 nitrogen and oxygen atoms in total. The molecule has 0 saturated heterocycles. The number of nitrogens with one attached hydrogen (secondary N) is 1. The summed E-state index contributed by atoms with van der Waals surface area (Å²) in [5.74, 6) is 6.09. The first-order chi connectivity index (χ1) is 12.8. The molecule has 0 saturated carbocycles. The van der Waals surface area contributed by atoms with Gasteiger partial charge in [-0.05, 0) is 56.2 Å². The summed E-state index contributed by atoms with van der Waals surface area (Å²) in [5.41, 5.74) is 1.83. The van der Waals surface area contributed by atoms with Gasteiger partial charge >= 0.3 is 0 Å². The highest BCUT2D eigenvalue weighted by atomic mass is 32.2. The van der Waals surface area contributed by atoms with Gasteiger partial charge in [0.15, 0.2) is 0 Å². The van der Waals surface area contributed by atoms with E-state index in [1.807, 2.05) is 31.2 Å². The van der Waals surface area contributed by atoms with E-state index < -0.39 is 25.0 Å². The van der Waals surface area contributed by atoms with E-state index in [1.165, 1.54) is 0 Å². The second-order valence-electron chi connectivity index (χ2n) is 7.13. The lowest BCUT2D eigenvalue weighted by Crippen LogP contribution is -2.36. The Kier molecular flexibility index (Phi) is 9.08. The van der Waals surface area contributed by atoms with Gasteiger partial charge in [-0.1, -0.05) is 30.9 Å². The van der Waals surface area contributed by atoms with Crippen LogP contribution in [-0.2, 0) is 20.0 Å². The van der Waals surface area contributed by atoms with E-state index in [-0.39, 0.29) is 12.3 Å². The highest BCUT2D eigenvalue weighted by Gasteiger charge is 2.36. The summed E-state index contributed by atoms with van der Waals surface area (Å²) < 4.78 is 60.8. The molecule has 28 heavy (non-hydrogen) atoms. The van der Waals surface area contributed by atoms with Crippen LogP contribution >= 0.6 is 0 Å². The summed E-state index contributed by atoms with van der Waals surface area (Å²) in [6.07, 6.45) is 3.53. The smallest absolute Gasteiger partial charge is 0.226 e. The van der Waals surface area contributed by atoms with E-state index in [9.17, 15) is 21.2 Å². The van der Waals surface area contributed by atoms with E-state index in [0.717, 1.165) is 37.1 Å². The molecule has 2 atom stereocenters. The Morgan fingerprint density at radius 2 is 1.79 bits per heavy atom. The number of hydrogen-bond donors (Lipinski definition) is 2. The summed E-state index contributed by atoms with van der Waals surface area (Å²) in [6, 6.07) is 7.55. The van der Waals surface area contributed by atoms with E-state index >= 15 is 0 Å². The van der Waals surface area contributed by atoms with Crippen LogP contribution in [0.25, 0.3) is 0 Å². The molecular formula is C19H29FN2O4S2. The first-order valence-electron chi connectivity index (χ1n) is 9.06. The molecule has 0 heterocycles. The first kappa shape index (κ1) is 24.6. The maximum atomic E-state index is 14.1. The SMILES string of the molecule is CC(CCC(C)(F)S(N)(=O)=O)c1ccc(C#CCCCCNS(C)(=O)=O)cc1. The quantitative estimate of drug-likeness (QED) is 0.438. The predicted molar refractivity (Wildman–Crippen MR) is 110 cm³/mol. The van der Waals surface area contributed by atoms with Crippen LogP contribution in [0.1, 0.15) is 63.0 Å². The van der Waals surface area contributed by atoms with Crippen molar-refractivity contribution in [3.63, 3.8) is 0 Å². The van der Waals surface area contributed by atoms with E-state index in [1.54, 1.807) is 0 Å². The van der Waals surface area contributed by atoms with E-state index in [4.69, 9.17) is 5.14 Å². The topological polar surface area (TPSA) is 106 Å². The van der Waals surface area contributed by atoms with Crippen molar-refractivity contribution in [2.75, 3.05) is 12.8 Å². The zero-order chi connectivity index (χ0) is 21.4. The van der Waals surface area contributed by atoms with Crippen molar-refractivity contribution >= 4 is 20.0 Å². The number of nitrogens with two attached hydrogens (primary N) is 1. The van der Waals surface area contributed by atoms with Crippen LogP contribution in [0.4, 0.5) is 4.39 Å². The van der Waals surface area contributed by atoms with Crippen molar-refractivity contribution in [1.82, 2.24) is 4.72 Å². The van der Waals surface area contributed by atoms with Gasteiger partial charge in [0.05, 0.1) is 6.26 Å². The highest BCUT2D eigenvalue weighted by Crippen LogP contribution is 2.29. The molecule has 0 bridgehead atoms. The van der Waals surface area contributed by atoms with Crippen molar-refractivity contribution in [1.29, 1.82) is 0 Å². The molecule has 1 aromatic rings. The zero-order valence-corrected chi connectivity index (χ0v) is 18.2. The number of benzene rings is 1. The lowest BCUT2D eigenvalue weighted by molar-refractivity contribution is 0.264. The summed E-state index contributed by atoms with van der Waals surface area (Å²) >= 11 is 0. The largest absolute Gasteiger partial charge is 0.244 e. The van der Waals surface area contributed by atoms with Crippen LogP contribution in [-0.4, -0.2) is 34.6 Å². The molecule has 9 heteroatoms. The summed E-state index contributed by atoms with van der Waals surface area (Å²) in [7, 11) is -7.37. The number of primary sulfonamides is 1. The molecule has 0 aliphatic heterocycles. The Hall–Kier alpha value is -1.47. The molecule has 0 amide bonds. The summed E-state index contributed by atoms with van der Waals surface area (Å²) in [6.45, 7) is 3.31. The summed E-state index contributed by atoms with van der Waals surface area (Å²) in [5, 5.41) is 2.49. The minimum Gasteiger partial charge on any atom is -0.226 e. The van der Waals surface area contributed by atoms with Gasteiger partial charge in [0.25, 0.3) is 0 Å². The highest BCUT2D eigenvalue weighted by molar-refractivity contribution is 7.90. The zero-order valence-electron chi connectivity index (χ0n) is 16.5. The maximum Gasteiger partial charge on any atom is 0.244 e. The van der Waals surface area contributed by atoms with E-state index in [0.29, 0.717) is 19.4 Å². The van der Waals surface area contributed by atoms with Gasteiger partial charge < -0.3 is 0 Å². The lowest BCUT2D eigenvalue weighted by atomic mass is 9.94. The average Bonchev–Trinajstić information content (AvgIpc) is 2.57. The molecule has 3 N–H and O–H groups in total. The number of unbranched alkanes of at least 4 members (excludes halogenated alkanes) is 2. The maximum absolute atomic E-state index is 14.1. The van der Waals surface area contributed by atoms with Gasteiger partial charge in [-0.2, -0.15) is 0 Å². The second-order valence-corrected chi connectivity index (χ2v) is 10.9. The van der Waals surface area contributed by atoms with E-state index in [2.05, 4.69) is 16.6 Å². The van der Waals surface area contributed by atoms with Crippen LogP contribution < -0.4 is 9.86 Å². The van der Waals surface area contributed by atoms with Crippen LogP contribution in [0, 0.1) is 11.8 Å². The number of hydrogen-bond acceptors (Lipinski definition) is 4. The van der Waals surface area contributed by atoms with Gasteiger partial charge in [0.1, 0.15) is 0 Å².